The van der Waals surface area contributed by atoms with Crippen LogP contribution in [0.5, 0.6) is 0 Å². The summed E-state index contributed by atoms with van der Waals surface area (Å²) in [5.41, 5.74) is 1.97. The van der Waals surface area contributed by atoms with Crippen LogP contribution >= 0.6 is 0 Å². The third-order valence-corrected chi connectivity index (χ3v) is 6.07. The molecular weight excluding hydrogens is 371 g/mol. The first-order chi connectivity index (χ1) is 14.2. The monoisotopic (exact) mass is 394 g/mol. The first-order valence-electron chi connectivity index (χ1n) is 10.1. The van der Waals surface area contributed by atoms with E-state index in [9.17, 15) is 9.18 Å². The molecule has 0 radical (unpaired) electrons. The topological polar surface area (TPSA) is 66.6 Å². The smallest absolute Gasteiger partial charge is 0.226 e. The number of rotatable bonds is 5. The lowest BCUT2D eigenvalue weighted by atomic mass is 9.97. The van der Waals surface area contributed by atoms with Gasteiger partial charge < -0.3 is 9.80 Å². The molecule has 5 heterocycles. The van der Waals surface area contributed by atoms with Gasteiger partial charge in [0, 0.05) is 31.2 Å². The van der Waals surface area contributed by atoms with E-state index < -0.39 is 0 Å². The van der Waals surface area contributed by atoms with Crippen LogP contribution in [-0.2, 0) is 11.2 Å². The van der Waals surface area contributed by atoms with Gasteiger partial charge in [0.2, 0.25) is 5.91 Å². The first kappa shape index (κ1) is 18.0. The molecule has 0 aliphatic carbocycles. The predicted octanol–water partition coefficient (Wildman–Crippen LogP) is 2.32. The zero-order valence-corrected chi connectivity index (χ0v) is 16.1. The molecule has 2 atom stereocenters. The van der Waals surface area contributed by atoms with Gasteiger partial charge in [-0.3, -0.25) is 4.79 Å². The highest BCUT2D eigenvalue weighted by Gasteiger charge is 2.42. The zero-order chi connectivity index (χ0) is 19.8. The molecule has 2 aliphatic rings. The number of aryl methyl sites for hydroxylation is 1. The molecule has 5 rings (SSSR count). The number of aromatic nitrogens is 4. The number of amides is 1. The highest BCUT2D eigenvalue weighted by atomic mass is 19.1. The number of nitrogens with zero attached hydrogens (tertiary/aromatic N) is 6. The number of hydrogen-bond acceptors (Lipinski definition) is 5. The Kier molecular flexibility index (Phi) is 4.61. The number of piperazine rings is 1. The minimum Gasteiger partial charge on any atom is -0.353 e. The Morgan fingerprint density at radius 2 is 2.07 bits per heavy atom. The van der Waals surface area contributed by atoms with Gasteiger partial charge >= 0.3 is 0 Å². The molecule has 0 bridgehead atoms. The average molecular weight is 394 g/mol. The first-order valence-corrected chi connectivity index (χ1v) is 10.1. The van der Waals surface area contributed by atoms with Gasteiger partial charge in [0.15, 0.2) is 5.65 Å². The van der Waals surface area contributed by atoms with E-state index in [0.717, 1.165) is 55.9 Å². The van der Waals surface area contributed by atoms with Crippen LogP contribution in [-0.4, -0.2) is 56.1 Å². The van der Waals surface area contributed by atoms with E-state index in [-0.39, 0.29) is 23.7 Å². The second-order valence-corrected chi connectivity index (χ2v) is 7.84. The van der Waals surface area contributed by atoms with E-state index in [1.54, 1.807) is 12.4 Å². The fraction of sp³-hybridized carbons (Fsp3) is 0.429. The Morgan fingerprint density at radius 1 is 1.14 bits per heavy atom. The van der Waals surface area contributed by atoms with Crippen molar-refractivity contribution in [1.82, 2.24) is 24.5 Å². The molecule has 1 amide bonds. The van der Waals surface area contributed by atoms with Crippen molar-refractivity contribution in [3.8, 4) is 0 Å². The third-order valence-electron chi connectivity index (χ3n) is 6.07. The maximum Gasteiger partial charge on any atom is 0.226 e. The Morgan fingerprint density at radius 3 is 2.93 bits per heavy atom. The van der Waals surface area contributed by atoms with E-state index >= 15 is 0 Å². The van der Waals surface area contributed by atoms with Gasteiger partial charge in [-0.1, -0.05) is 6.07 Å². The molecule has 2 aliphatic heterocycles. The minimum absolute atomic E-state index is 0.0797. The van der Waals surface area contributed by atoms with Crippen molar-refractivity contribution in [2.45, 2.75) is 31.7 Å². The maximum absolute atomic E-state index is 13.1. The zero-order valence-electron chi connectivity index (χ0n) is 16.1. The Labute approximate surface area is 168 Å². The summed E-state index contributed by atoms with van der Waals surface area (Å²) in [6.45, 7) is 2.21. The summed E-state index contributed by atoms with van der Waals surface area (Å²) in [5.74, 6) is 0.810. The van der Waals surface area contributed by atoms with Crippen molar-refractivity contribution in [2.75, 3.05) is 24.5 Å². The maximum atomic E-state index is 13.1. The van der Waals surface area contributed by atoms with E-state index in [1.165, 1.54) is 12.3 Å². The summed E-state index contributed by atoms with van der Waals surface area (Å²) in [6, 6.07) is 9.37. The van der Waals surface area contributed by atoms with Crippen molar-refractivity contribution in [3.05, 3.63) is 54.4 Å². The van der Waals surface area contributed by atoms with Crippen LogP contribution in [0.1, 0.15) is 25.0 Å². The van der Waals surface area contributed by atoms with E-state index in [0.29, 0.717) is 6.54 Å². The van der Waals surface area contributed by atoms with Gasteiger partial charge in [-0.25, -0.2) is 18.9 Å². The van der Waals surface area contributed by atoms with E-state index in [4.69, 9.17) is 0 Å². The van der Waals surface area contributed by atoms with Gasteiger partial charge in [0.05, 0.1) is 12.2 Å². The van der Waals surface area contributed by atoms with Crippen LogP contribution in [0.4, 0.5) is 10.2 Å². The van der Waals surface area contributed by atoms with Crippen molar-refractivity contribution in [2.24, 2.45) is 5.92 Å². The van der Waals surface area contributed by atoms with Gasteiger partial charge in [0.1, 0.15) is 18.0 Å². The molecule has 29 heavy (non-hydrogen) atoms. The van der Waals surface area contributed by atoms with Gasteiger partial charge in [-0.05, 0) is 49.9 Å². The average Bonchev–Trinajstić information content (AvgIpc) is 3.34. The normalized spacial score (nSPS) is 21.8. The fourth-order valence-corrected chi connectivity index (χ4v) is 4.64. The Bertz CT molecular complexity index is 1020. The van der Waals surface area contributed by atoms with E-state index in [2.05, 4.69) is 26.0 Å². The highest BCUT2D eigenvalue weighted by Crippen LogP contribution is 2.32. The molecule has 3 aromatic heterocycles. The standard InChI is InChI=1S/C21H23FN6O/c22-16-7-8-19(23-12-16)26-9-10-27-18(13-26)11-15(21(27)29)3-1-4-17-5-2-6-20-24-14-25-28(17)20/h2,5-8,12,14-15,18H,1,3-4,9-11,13H2/t15-,18+/m1/s1. The third kappa shape index (κ3) is 3.43. The molecule has 8 heteroatoms. The fourth-order valence-electron chi connectivity index (χ4n) is 4.64. The van der Waals surface area contributed by atoms with E-state index in [1.807, 2.05) is 21.5 Å². The molecule has 0 spiro atoms. The lowest BCUT2D eigenvalue weighted by molar-refractivity contribution is -0.132. The predicted molar refractivity (Wildman–Crippen MR) is 106 cm³/mol. The Balaban J connectivity index is 1.19. The van der Waals surface area contributed by atoms with Crippen LogP contribution < -0.4 is 4.90 Å². The molecule has 0 unspecified atom stereocenters. The number of halogens is 1. The van der Waals surface area contributed by atoms with Crippen LogP contribution in [0.3, 0.4) is 0 Å². The van der Waals surface area contributed by atoms with Crippen molar-refractivity contribution >= 4 is 17.4 Å². The van der Waals surface area contributed by atoms with Crippen LogP contribution in [0, 0.1) is 11.7 Å². The van der Waals surface area contributed by atoms with Crippen LogP contribution in [0.25, 0.3) is 5.65 Å². The summed E-state index contributed by atoms with van der Waals surface area (Å²) >= 11 is 0. The SMILES string of the molecule is O=C1[C@H](CCCc2cccc3ncnn23)C[C@H]2CN(c3ccc(F)cn3)CCN12. The molecular formula is C21H23FN6O. The van der Waals surface area contributed by atoms with Gasteiger partial charge in [0.25, 0.3) is 0 Å². The summed E-state index contributed by atoms with van der Waals surface area (Å²) in [6.07, 6.45) is 6.40. The second kappa shape index (κ2) is 7.42. The second-order valence-electron chi connectivity index (χ2n) is 7.84. The molecule has 0 N–H and O–H groups in total. The lowest BCUT2D eigenvalue weighted by Gasteiger charge is -2.38. The number of carbonyl (C=O) groups excluding carboxylic acids is 1. The summed E-state index contributed by atoms with van der Waals surface area (Å²) in [5, 5.41) is 4.28. The summed E-state index contributed by atoms with van der Waals surface area (Å²) in [7, 11) is 0. The molecule has 2 fully saturated rings. The molecule has 0 saturated carbocycles. The molecule has 0 aromatic carbocycles. The van der Waals surface area contributed by atoms with Crippen molar-refractivity contribution in [3.63, 3.8) is 0 Å². The highest BCUT2D eigenvalue weighted by molar-refractivity contribution is 5.82. The number of carbonyl (C=O) groups is 1. The molecule has 2 saturated heterocycles. The largest absolute Gasteiger partial charge is 0.353 e. The number of fused-ring (bicyclic) bond motifs is 2. The molecule has 150 valence electrons. The van der Waals surface area contributed by atoms with Gasteiger partial charge in [-0.2, -0.15) is 5.10 Å². The summed E-state index contributed by atoms with van der Waals surface area (Å²) < 4.78 is 15.0. The Hall–Kier alpha value is -3.03. The van der Waals surface area contributed by atoms with Crippen molar-refractivity contribution < 1.29 is 9.18 Å². The molecule has 3 aromatic rings. The number of pyridine rings is 2. The van der Waals surface area contributed by atoms with Crippen LogP contribution in [0.2, 0.25) is 0 Å². The minimum atomic E-state index is -0.329. The van der Waals surface area contributed by atoms with Crippen molar-refractivity contribution in [1.29, 1.82) is 0 Å². The number of hydrogen-bond donors (Lipinski definition) is 0. The molecule has 7 nitrogen and oxygen atoms in total. The summed E-state index contributed by atoms with van der Waals surface area (Å²) in [4.78, 5) is 25.5. The number of anilines is 1. The van der Waals surface area contributed by atoms with Crippen LogP contribution in [0.15, 0.2) is 42.9 Å². The van der Waals surface area contributed by atoms with Gasteiger partial charge in [-0.15, -0.1) is 0 Å². The quantitative estimate of drug-likeness (QED) is 0.665. The lowest BCUT2D eigenvalue weighted by Crippen LogP contribution is -2.51.